The first-order valence-electron chi connectivity index (χ1n) is 9.24. The summed E-state index contributed by atoms with van der Waals surface area (Å²) in [6.07, 6.45) is 1.40. The number of carbonyl (C=O) groups excluding carboxylic acids is 2. The van der Waals surface area contributed by atoms with Crippen molar-refractivity contribution in [2.45, 2.75) is 39.2 Å². The van der Waals surface area contributed by atoms with Crippen LogP contribution in [0.1, 0.15) is 42.1 Å². The van der Waals surface area contributed by atoms with Crippen LogP contribution in [0.3, 0.4) is 0 Å². The van der Waals surface area contributed by atoms with E-state index in [1.165, 1.54) is 6.07 Å². The number of halogens is 1. The van der Waals surface area contributed by atoms with E-state index in [4.69, 9.17) is 0 Å². The van der Waals surface area contributed by atoms with Gasteiger partial charge in [0.2, 0.25) is 11.8 Å². The summed E-state index contributed by atoms with van der Waals surface area (Å²) in [7, 11) is 0. The molecule has 1 aromatic heterocycles. The predicted octanol–water partition coefficient (Wildman–Crippen LogP) is 3.25. The molecule has 1 saturated heterocycles. The van der Waals surface area contributed by atoms with Crippen LogP contribution >= 0.6 is 11.3 Å². The molecule has 2 amide bonds. The number of rotatable bonds is 6. The Morgan fingerprint density at radius 3 is 2.85 bits per heavy atom. The van der Waals surface area contributed by atoms with Crippen molar-refractivity contribution in [3.8, 4) is 0 Å². The second-order valence-electron chi connectivity index (χ2n) is 6.71. The number of amides is 2. The highest BCUT2D eigenvalue weighted by Gasteiger charge is 2.40. The number of carbonyl (C=O) groups is 2. The van der Waals surface area contributed by atoms with E-state index in [2.05, 4.69) is 10.3 Å². The molecule has 2 aromatic rings. The highest BCUT2D eigenvalue weighted by molar-refractivity contribution is 7.09. The summed E-state index contributed by atoms with van der Waals surface area (Å²) in [4.78, 5) is 31.2. The molecule has 1 aromatic carbocycles. The Kier molecular flexibility index (Phi) is 6.21. The van der Waals surface area contributed by atoms with Gasteiger partial charge in [-0.15, -0.1) is 11.3 Å². The van der Waals surface area contributed by atoms with Crippen LogP contribution in [-0.2, 0) is 16.0 Å². The number of hydrogen-bond donors (Lipinski definition) is 1. The van der Waals surface area contributed by atoms with Gasteiger partial charge in [0.05, 0.1) is 17.0 Å². The molecule has 0 radical (unpaired) electrons. The first-order chi connectivity index (χ1) is 13.0. The summed E-state index contributed by atoms with van der Waals surface area (Å²) >= 11 is 1.58. The molecule has 27 heavy (non-hydrogen) atoms. The maximum absolute atomic E-state index is 14.4. The Hall–Kier alpha value is -2.28. The molecule has 3 rings (SSSR count). The van der Waals surface area contributed by atoms with Gasteiger partial charge < -0.3 is 10.2 Å². The minimum Gasteiger partial charge on any atom is -0.355 e. The van der Waals surface area contributed by atoms with Crippen LogP contribution in [0.2, 0.25) is 0 Å². The third-order valence-corrected chi connectivity index (χ3v) is 5.94. The van der Waals surface area contributed by atoms with E-state index in [0.717, 1.165) is 10.7 Å². The van der Waals surface area contributed by atoms with E-state index >= 15 is 0 Å². The van der Waals surface area contributed by atoms with E-state index in [1.54, 1.807) is 34.4 Å². The number of benzene rings is 1. The lowest BCUT2D eigenvalue weighted by Crippen LogP contribution is -2.48. The summed E-state index contributed by atoms with van der Waals surface area (Å²) in [6.45, 7) is 4.72. The second kappa shape index (κ2) is 8.61. The quantitative estimate of drug-likeness (QED) is 0.825. The fourth-order valence-electron chi connectivity index (χ4n) is 3.64. The zero-order valence-corrected chi connectivity index (χ0v) is 16.4. The molecule has 1 N–H and O–H groups in total. The number of aryl methyl sites for hydroxylation is 1. The molecule has 5 nitrogen and oxygen atoms in total. The average molecular weight is 389 g/mol. The van der Waals surface area contributed by atoms with E-state index in [9.17, 15) is 14.0 Å². The van der Waals surface area contributed by atoms with Gasteiger partial charge in [0.15, 0.2) is 0 Å². The van der Waals surface area contributed by atoms with Crippen molar-refractivity contribution in [3.05, 3.63) is 51.7 Å². The van der Waals surface area contributed by atoms with Crippen LogP contribution in [0, 0.1) is 18.7 Å². The molecule has 2 atom stereocenters. The number of likely N-dealkylation sites (tertiary alicyclic amines) is 1. The fraction of sp³-hybridized carbons (Fsp3) is 0.450. The van der Waals surface area contributed by atoms with Crippen LogP contribution in [0.4, 0.5) is 4.39 Å². The monoisotopic (exact) mass is 389 g/mol. The first-order valence-corrected chi connectivity index (χ1v) is 10.1. The van der Waals surface area contributed by atoms with Crippen molar-refractivity contribution in [3.63, 3.8) is 0 Å². The molecular weight excluding hydrogens is 365 g/mol. The van der Waals surface area contributed by atoms with Gasteiger partial charge in [-0.3, -0.25) is 9.59 Å². The van der Waals surface area contributed by atoms with Crippen LogP contribution in [0.5, 0.6) is 0 Å². The predicted molar refractivity (Wildman–Crippen MR) is 103 cm³/mol. The summed E-state index contributed by atoms with van der Waals surface area (Å²) in [6, 6.07) is 5.83. The van der Waals surface area contributed by atoms with Crippen LogP contribution < -0.4 is 5.32 Å². The lowest BCUT2D eigenvalue weighted by molar-refractivity contribution is -0.143. The number of hydrogen-bond acceptors (Lipinski definition) is 4. The number of thiazole rings is 1. The Bertz CT molecular complexity index is 823. The smallest absolute Gasteiger partial charge is 0.225 e. The Morgan fingerprint density at radius 1 is 1.41 bits per heavy atom. The van der Waals surface area contributed by atoms with Gasteiger partial charge in [0.1, 0.15) is 5.82 Å². The highest BCUT2D eigenvalue weighted by atomic mass is 32.1. The molecule has 0 spiro atoms. The molecule has 1 fully saturated rings. The largest absolute Gasteiger partial charge is 0.355 e. The normalized spacial score (nSPS) is 20.0. The standard InChI is InChI=1S/C20H24FN3O2S/c1-3-24-18(25)9-8-15(19(24)14-6-4-5-7-16(14)21)20(26)22-11-10-17-23-13(2)12-27-17/h4-7,12,15,19H,3,8-11H2,1-2H3,(H,22,26)/t15-,19+/m1/s1. The molecule has 0 unspecified atom stereocenters. The summed E-state index contributed by atoms with van der Waals surface area (Å²) < 4.78 is 14.4. The topological polar surface area (TPSA) is 62.3 Å². The van der Waals surface area contributed by atoms with Gasteiger partial charge in [-0.1, -0.05) is 18.2 Å². The molecule has 144 valence electrons. The van der Waals surface area contributed by atoms with Gasteiger partial charge in [0, 0.05) is 42.6 Å². The van der Waals surface area contributed by atoms with Crippen molar-refractivity contribution >= 4 is 23.2 Å². The lowest BCUT2D eigenvalue weighted by atomic mass is 9.83. The van der Waals surface area contributed by atoms with Gasteiger partial charge in [-0.05, 0) is 26.3 Å². The molecule has 7 heteroatoms. The Morgan fingerprint density at radius 2 is 2.19 bits per heavy atom. The number of aromatic nitrogens is 1. The zero-order chi connectivity index (χ0) is 19.4. The second-order valence-corrected chi connectivity index (χ2v) is 7.66. The molecule has 1 aliphatic heterocycles. The van der Waals surface area contributed by atoms with Crippen LogP contribution in [0.25, 0.3) is 0 Å². The Labute approximate surface area is 162 Å². The lowest BCUT2D eigenvalue weighted by Gasteiger charge is -2.40. The minimum absolute atomic E-state index is 0.0342. The van der Waals surface area contributed by atoms with Crippen molar-refractivity contribution in [1.29, 1.82) is 0 Å². The summed E-state index contributed by atoms with van der Waals surface area (Å²) in [5.74, 6) is -1.01. The summed E-state index contributed by atoms with van der Waals surface area (Å²) in [5, 5.41) is 5.92. The van der Waals surface area contributed by atoms with E-state index in [-0.39, 0.29) is 17.6 Å². The number of piperidine rings is 1. The average Bonchev–Trinajstić information content (AvgIpc) is 3.07. The van der Waals surface area contributed by atoms with E-state index in [0.29, 0.717) is 37.9 Å². The minimum atomic E-state index is -0.570. The molecular formula is C20H24FN3O2S. The van der Waals surface area contributed by atoms with Crippen molar-refractivity contribution in [2.24, 2.45) is 5.92 Å². The maximum atomic E-state index is 14.4. The van der Waals surface area contributed by atoms with E-state index in [1.807, 2.05) is 19.2 Å². The fourth-order valence-corrected chi connectivity index (χ4v) is 4.42. The maximum Gasteiger partial charge on any atom is 0.225 e. The number of nitrogens with zero attached hydrogens (tertiary/aromatic N) is 2. The highest BCUT2D eigenvalue weighted by Crippen LogP contribution is 2.37. The molecule has 0 bridgehead atoms. The molecule has 2 heterocycles. The SMILES string of the molecule is CCN1C(=O)CC[C@@H](C(=O)NCCc2nc(C)cs2)[C@@H]1c1ccccc1F. The zero-order valence-electron chi connectivity index (χ0n) is 15.6. The third-order valence-electron chi connectivity index (χ3n) is 4.91. The van der Waals surface area contributed by atoms with E-state index < -0.39 is 12.0 Å². The van der Waals surface area contributed by atoms with Gasteiger partial charge in [-0.25, -0.2) is 9.37 Å². The Balaban J connectivity index is 1.75. The first kappa shape index (κ1) is 19.5. The van der Waals surface area contributed by atoms with Crippen LogP contribution in [0.15, 0.2) is 29.6 Å². The molecule has 0 saturated carbocycles. The van der Waals surface area contributed by atoms with Gasteiger partial charge in [0.25, 0.3) is 0 Å². The molecule has 1 aliphatic rings. The van der Waals surface area contributed by atoms with Crippen molar-refractivity contribution < 1.29 is 14.0 Å². The third kappa shape index (κ3) is 4.35. The van der Waals surface area contributed by atoms with Gasteiger partial charge >= 0.3 is 0 Å². The summed E-state index contributed by atoms with van der Waals surface area (Å²) in [5.41, 5.74) is 1.38. The van der Waals surface area contributed by atoms with Crippen molar-refractivity contribution in [1.82, 2.24) is 15.2 Å². The van der Waals surface area contributed by atoms with Crippen molar-refractivity contribution in [2.75, 3.05) is 13.1 Å². The number of nitrogens with one attached hydrogen (secondary N) is 1. The van der Waals surface area contributed by atoms with Gasteiger partial charge in [-0.2, -0.15) is 0 Å². The van der Waals surface area contributed by atoms with Crippen LogP contribution in [-0.4, -0.2) is 34.8 Å². The molecule has 0 aliphatic carbocycles.